The smallest absolute Gasteiger partial charge is 0.413 e. The van der Waals surface area contributed by atoms with Crippen LogP contribution in [0.25, 0.3) is 0 Å². The van der Waals surface area contributed by atoms with Crippen molar-refractivity contribution in [2.75, 3.05) is 11.9 Å². The summed E-state index contributed by atoms with van der Waals surface area (Å²) >= 11 is 1.06. The average molecular weight is 349 g/mol. The summed E-state index contributed by atoms with van der Waals surface area (Å²) < 4.78 is 4.71. The van der Waals surface area contributed by atoms with E-state index in [1.807, 2.05) is 0 Å². The number of nitrogens with zero attached hydrogens (tertiary/aromatic N) is 3. The molecule has 3 N–H and O–H groups in total. The number of hydrogen-bond donors (Lipinski definition) is 3. The number of amides is 2. The third kappa shape index (κ3) is 5.32. The molecule has 0 spiro atoms. The van der Waals surface area contributed by atoms with Crippen LogP contribution in [0.1, 0.15) is 17.5 Å². The van der Waals surface area contributed by atoms with Gasteiger partial charge < -0.3 is 9.84 Å². The minimum absolute atomic E-state index is 0.0414. The molecule has 24 heavy (non-hydrogen) atoms. The largest absolute Gasteiger partial charge is 0.507 e. The van der Waals surface area contributed by atoms with Crippen molar-refractivity contribution >= 4 is 34.7 Å². The maximum Gasteiger partial charge on any atom is 0.413 e. The second-order valence-corrected chi connectivity index (χ2v) is 5.44. The number of aromatic hydroxyl groups is 1. The Kier molecular flexibility index (Phi) is 6.20. The van der Waals surface area contributed by atoms with E-state index in [0.717, 1.165) is 11.3 Å². The second-order valence-electron chi connectivity index (χ2n) is 4.38. The van der Waals surface area contributed by atoms with E-state index < -0.39 is 12.0 Å². The number of hydrogen-bond acceptors (Lipinski definition) is 8. The third-order valence-electron chi connectivity index (χ3n) is 2.59. The van der Waals surface area contributed by atoms with Crippen LogP contribution in [0.15, 0.2) is 29.4 Å². The summed E-state index contributed by atoms with van der Waals surface area (Å²) in [6.07, 6.45) is 0.665. The fourth-order valence-corrected chi connectivity index (χ4v) is 2.30. The van der Waals surface area contributed by atoms with Gasteiger partial charge in [0.15, 0.2) is 0 Å². The van der Waals surface area contributed by atoms with Crippen molar-refractivity contribution in [2.45, 2.75) is 13.3 Å². The number of rotatable bonds is 6. The van der Waals surface area contributed by atoms with E-state index >= 15 is 0 Å². The number of para-hydroxylation sites is 1. The van der Waals surface area contributed by atoms with Crippen LogP contribution < -0.4 is 10.7 Å². The first-order valence-corrected chi connectivity index (χ1v) is 7.76. The highest BCUT2D eigenvalue weighted by Crippen LogP contribution is 2.16. The summed E-state index contributed by atoms with van der Waals surface area (Å²) in [6.45, 7) is 1.93. The standard InChI is InChI=1S/C14H15N5O4S/c1-2-23-14(22)16-13-19-18-12(24-13)7-11(21)17-15-8-9-5-3-4-6-10(9)20/h3-6,8,20H,2,7H2,1H3,(H,17,21)(H,16,19,22)/b15-8-. The van der Waals surface area contributed by atoms with E-state index in [-0.39, 0.29) is 23.9 Å². The van der Waals surface area contributed by atoms with Crippen LogP contribution in [0.2, 0.25) is 0 Å². The lowest BCUT2D eigenvalue weighted by Crippen LogP contribution is -2.19. The normalized spacial score (nSPS) is 10.5. The van der Waals surface area contributed by atoms with Crippen LogP contribution in [0.3, 0.4) is 0 Å². The van der Waals surface area contributed by atoms with Gasteiger partial charge in [0.1, 0.15) is 10.8 Å². The van der Waals surface area contributed by atoms with Crippen LogP contribution in [-0.2, 0) is 16.0 Å². The predicted molar refractivity (Wildman–Crippen MR) is 88.1 cm³/mol. The zero-order chi connectivity index (χ0) is 17.4. The van der Waals surface area contributed by atoms with Gasteiger partial charge in [0.05, 0.1) is 19.2 Å². The number of nitrogens with one attached hydrogen (secondary N) is 2. The van der Waals surface area contributed by atoms with Crippen molar-refractivity contribution in [3.05, 3.63) is 34.8 Å². The number of phenols is 1. The molecule has 2 amide bonds. The fourth-order valence-electron chi connectivity index (χ4n) is 1.58. The Morgan fingerprint density at radius 2 is 2.17 bits per heavy atom. The molecule has 9 nitrogen and oxygen atoms in total. The second kappa shape index (κ2) is 8.58. The monoisotopic (exact) mass is 349 g/mol. The molecule has 126 valence electrons. The van der Waals surface area contributed by atoms with E-state index in [9.17, 15) is 14.7 Å². The van der Waals surface area contributed by atoms with Gasteiger partial charge in [0.25, 0.3) is 0 Å². The summed E-state index contributed by atoms with van der Waals surface area (Å²) in [5, 5.41) is 23.9. The summed E-state index contributed by atoms with van der Waals surface area (Å²) in [6, 6.07) is 6.59. The van der Waals surface area contributed by atoms with Crippen molar-refractivity contribution in [2.24, 2.45) is 5.10 Å². The molecule has 1 heterocycles. The molecule has 0 aliphatic carbocycles. The zero-order valence-electron chi connectivity index (χ0n) is 12.7. The van der Waals surface area contributed by atoms with E-state index in [0.29, 0.717) is 10.6 Å². The molecular weight excluding hydrogens is 334 g/mol. The van der Waals surface area contributed by atoms with Crippen LogP contribution in [-0.4, -0.2) is 40.1 Å². The van der Waals surface area contributed by atoms with Gasteiger partial charge in [-0.1, -0.05) is 23.5 Å². The Morgan fingerprint density at radius 1 is 1.38 bits per heavy atom. The molecule has 0 saturated heterocycles. The molecule has 0 radical (unpaired) electrons. The van der Waals surface area contributed by atoms with E-state index in [1.54, 1.807) is 25.1 Å². The van der Waals surface area contributed by atoms with Crippen molar-refractivity contribution in [3.63, 3.8) is 0 Å². The molecule has 0 bridgehead atoms. The number of carbonyl (C=O) groups excluding carboxylic acids is 2. The number of phenolic OH excluding ortho intramolecular Hbond substituents is 1. The van der Waals surface area contributed by atoms with Crippen LogP contribution >= 0.6 is 11.3 Å². The lowest BCUT2D eigenvalue weighted by Gasteiger charge is -1.99. The van der Waals surface area contributed by atoms with Crippen LogP contribution in [0, 0.1) is 0 Å². The molecule has 1 aromatic carbocycles. The first-order valence-electron chi connectivity index (χ1n) is 6.94. The molecular formula is C14H15N5O4S. The molecule has 0 unspecified atom stereocenters. The first-order chi connectivity index (χ1) is 11.6. The van der Waals surface area contributed by atoms with Gasteiger partial charge >= 0.3 is 6.09 Å². The molecule has 0 aliphatic rings. The molecule has 0 saturated carbocycles. The fraction of sp³-hybridized carbons (Fsp3) is 0.214. The molecule has 10 heteroatoms. The lowest BCUT2D eigenvalue weighted by molar-refractivity contribution is -0.120. The minimum Gasteiger partial charge on any atom is -0.507 e. The quantitative estimate of drug-likeness (QED) is 0.536. The van der Waals surface area contributed by atoms with Gasteiger partial charge in [-0.3, -0.25) is 10.1 Å². The summed E-state index contributed by atoms with van der Waals surface area (Å²) in [4.78, 5) is 23.0. The molecule has 2 rings (SSSR count). The highest BCUT2D eigenvalue weighted by molar-refractivity contribution is 7.15. The summed E-state index contributed by atoms with van der Waals surface area (Å²) in [5.74, 6) is -0.338. The molecule has 0 fully saturated rings. The number of aromatic nitrogens is 2. The van der Waals surface area contributed by atoms with Crippen molar-refractivity contribution < 1.29 is 19.4 Å². The maximum absolute atomic E-state index is 11.8. The van der Waals surface area contributed by atoms with Gasteiger partial charge in [0.2, 0.25) is 11.0 Å². The zero-order valence-corrected chi connectivity index (χ0v) is 13.5. The Hall–Kier alpha value is -3.01. The number of anilines is 1. The lowest BCUT2D eigenvalue weighted by atomic mass is 10.2. The highest BCUT2D eigenvalue weighted by Gasteiger charge is 2.11. The van der Waals surface area contributed by atoms with Gasteiger partial charge in [0, 0.05) is 5.56 Å². The van der Waals surface area contributed by atoms with E-state index in [1.165, 1.54) is 12.3 Å². The molecule has 2 aromatic rings. The van der Waals surface area contributed by atoms with E-state index in [4.69, 9.17) is 4.74 Å². The van der Waals surface area contributed by atoms with Crippen LogP contribution in [0.4, 0.5) is 9.93 Å². The first kappa shape index (κ1) is 17.3. The Balaban J connectivity index is 1.83. The minimum atomic E-state index is -0.628. The van der Waals surface area contributed by atoms with Gasteiger partial charge in [-0.15, -0.1) is 10.2 Å². The Bertz CT molecular complexity index is 746. The third-order valence-corrected chi connectivity index (χ3v) is 3.43. The van der Waals surface area contributed by atoms with E-state index in [2.05, 4.69) is 26.0 Å². The van der Waals surface area contributed by atoms with Gasteiger partial charge in [-0.05, 0) is 19.1 Å². The maximum atomic E-state index is 11.8. The SMILES string of the molecule is CCOC(=O)Nc1nnc(CC(=O)N/N=C\c2ccccc2O)s1. The van der Waals surface area contributed by atoms with Crippen molar-refractivity contribution in [1.82, 2.24) is 15.6 Å². The number of hydrazone groups is 1. The molecule has 0 aliphatic heterocycles. The van der Waals surface area contributed by atoms with Crippen molar-refractivity contribution in [1.29, 1.82) is 0 Å². The van der Waals surface area contributed by atoms with Crippen LogP contribution in [0.5, 0.6) is 5.75 Å². The highest BCUT2D eigenvalue weighted by atomic mass is 32.1. The average Bonchev–Trinajstić information content (AvgIpc) is 2.96. The van der Waals surface area contributed by atoms with Gasteiger partial charge in [-0.25, -0.2) is 10.2 Å². The van der Waals surface area contributed by atoms with Crippen molar-refractivity contribution in [3.8, 4) is 5.75 Å². The Morgan fingerprint density at radius 3 is 2.92 bits per heavy atom. The predicted octanol–water partition coefficient (Wildman–Crippen LogP) is 1.50. The molecule has 0 atom stereocenters. The Labute approximate surface area is 141 Å². The summed E-state index contributed by atoms with van der Waals surface area (Å²) in [7, 11) is 0. The number of ether oxygens (including phenoxy) is 1. The number of carbonyl (C=O) groups is 2. The summed E-state index contributed by atoms with van der Waals surface area (Å²) in [5.41, 5.74) is 2.80. The number of benzene rings is 1. The van der Waals surface area contributed by atoms with Gasteiger partial charge in [-0.2, -0.15) is 5.10 Å². The topological polar surface area (TPSA) is 126 Å². The molecule has 1 aromatic heterocycles.